The van der Waals surface area contributed by atoms with Crippen LogP contribution in [0.25, 0.3) is 0 Å². The molecule has 0 radical (unpaired) electrons. The van der Waals surface area contributed by atoms with E-state index in [1.807, 2.05) is 68.4 Å². The minimum atomic E-state index is -0.0242. The Bertz CT molecular complexity index is 742. The molecule has 0 aromatic heterocycles. The second kappa shape index (κ2) is 6.87. The number of carbonyl (C=O) groups is 2. The summed E-state index contributed by atoms with van der Waals surface area (Å²) in [6.45, 7) is 4.67. The number of rotatable bonds is 3. The van der Waals surface area contributed by atoms with E-state index in [9.17, 15) is 9.59 Å². The van der Waals surface area contributed by atoms with E-state index < -0.39 is 0 Å². The Hall–Kier alpha value is -2.62. The third-order valence-corrected chi connectivity index (χ3v) is 4.51. The quantitative estimate of drug-likeness (QED) is 0.872. The summed E-state index contributed by atoms with van der Waals surface area (Å²) in [6.07, 6.45) is 0.336. The number of piperazine rings is 1. The Morgan fingerprint density at radius 3 is 2.46 bits per heavy atom. The van der Waals surface area contributed by atoms with Crippen molar-refractivity contribution in [3.8, 4) is 0 Å². The number of amides is 2. The first-order chi connectivity index (χ1) is 11.6. The minimum Gasteiger partial charge on any atom is -0.329 e. The maximum absolute atomic E-state index is 12.6. The first kappa shape index (κ1) is 16.2. The zero-order valence-corrected chi connectivity index (χ0v) is 14.1. The summed E-state index contributed by atoms with van der Waals surface area (Å²) in [6, 6.07) is 17.5. The molecular weight excluding hydrogens is 300 g/mol. The third-order valence-electron chi connectivity index (χ3n) is 4.51. The number of carbonyl (C=O) groups excluding carboxylic acids is 2. The lowest BCUT2D eigenvalue weighted by Gasteiger charge is -2.40. The molecule has 4 heteroatoms. The predicted molar refractivity (Wildman–Crippen MR) is 94.9 cm³/mol. The van der Waals surface area contributed by atoms with Gasteiger partial charge in [-0.05, 0) is 31.0 Å². The molecule has 1 aliphatic rings. The summed E-state index contributed by atoms with van der Waals surface area (Å²) in [4.78, 5) is 28.7. The molecule has 2 aromatic carbocycles. The molecule has 0 saturated carbocycles. The second-order valence-electron chi connectivity index (χ2n) is 6.32. The molecule has 124 valence electrons. The maximum Gasteiger partial charge on any atom is 0.246 e. The molecule has 1 heterocycles. The van der Waals surface area contributed by atoms with Gasteiger partial charge < -0.3 is 9.80 Å². The summed E-state index contributed by atoms with van der Waals surface area (Å²) in [5, 5.41) is 0. The Morgan fingerprint density at radius 1 is 1.08 bits per heavy atom. The lowest BCUT2D eigenvalue weighted by molar-refractivity contribution is -0.138. The Morgan fingerprint density at radius 2 is 1.75 bits per heavy atom. The van der Waals surface area contributed by atoms with Gasteiger partial charge in [0.05, 0.1) is 6.42 Å². The standard InChI is InChI=1S/C20H22N2O2/c1-15-8-6-7-11-18(15)22-13-16(2)21(14-20(22)24)19(23)12-17-9-4-3-5-10-17/h3-11,16H,12-14H2,1-2H3/t16-/m1/s1. The maximum atomic E-state index is 12.6. The second-order valence-corrected chi connectivity index (χ2v) is 6.32. The van der Waals surface area contributed by atoms with E-state index in [1.165, 1.54) is 0 Å². The van der Waals surface area contributed by atoms with Crippen molar-refractivity contribution >= 4 is 17.5 Å². The summed E-state index contributed by atoms with van der Waals surface area (Å²) >= 11 is 0. The average Bonchev–Trinajstić information content (AvgIpc) is 2.58. The first-order valence-electron chi connectivity index (χ1n) is 8.25. The highest BCUT2D eigenvalue weighted by molar-refractivity contribution is 5.98. The number of para-hydroxylation sites is 1. The van der Waals surface area contributed by atoms with Crippen LogP contribution in [0.5, 0.6) is 0 Å². The van der Waals surface area contributed by atoms with Crippen molar-refractivity contribution in [2.24, 2.45) is 0 Å². The summed E-state index contributed by atoms with van der Waals surface area (Å²) in [7, 11) is 0. The molecule has 0 aliphatic carbocycles. The molecule has 1 atom stereocenters. The van der Waals surface area contributed by atoms with Crippen LogP contribution in [0.4, 0.5) is 5.69 Å². The SMILES string of the molecule is Cc1ccccc1N1C[C@@H](C)N(C(=O)Cc2ccccc2)CC1=O. The molecular formula is C20H22N2O2. The average molecular weight is 322 g/mol. The summed E-state index contributed by atoms with van der Waals surface area (Å²) < 4.78 is 0. The lowest BCUT2D eigenvalue weighted by atomic mass is 10.1. The van der Waals surface area contributed by atoms with Crippen molar-refractivity contribution in [2.45, 2.75) is 26.3 Å². The molecule has 3 rings (SSSR count). The van der Waals surface area contributed by atoms with Gasteiger partial charge in [0, 0.05) is 18.3 Å². The van der Waals surface area contributed by atoms with Gasteiger partial charge >= 0.3 is 0 Å². The van der Waals surface area contributed by atoms with Crippen LogP contribution in [0.3, 0.4) is 0 Å². The number of nitrogens with zero attached hydrogens (tertiary/aromatic N) is 2. The molecule has 24 heavy (non-hydrogen) atoms. The van der Waals surface area contributed by atoms with Gasteiger partial charge in [-0.1, -0.05) is 48.5 Å². The highest BCUT2D eigenvalue weighted by atomic mass is 16.2. The number of hydrogen-bond donors (Lipinski definition) is 0. The van der Waals surface area contributed by atoms with Crippen LogP contribution in [0, 0.1) is 6.92 Å². The van der Waals surface area contributed by atoms with Crippen LogP contribution in [0.1, 0.15) is 18.1 Å². The highest BCUT2D eigenvalue weighted by Crippen LogP contribution is 2.24. The van der Waals surface area contributed by atoms with Gasteiger partial charge in [-0.25, -0.2) is 0 Å². The topological polar surface area (TPSA) is 40.6 Å². The van der Waals surface area contributed by atoms with Crippen molar-refractivity contribution in [2.75, 3.05) is 18.0 Å². The Labute approximate surface area is 142 Å². The molecule has 0 unspecified atom stereocenters. The molecule has 0 spiro atoms. The van der Waals surface area contributed by atoms with E-state index in [0.717, 1.165) is 16.8 Å². The Kier molecular flexibility index (Phi) is 4.65. The van der Waals surface area contributed by atoms with Gasteiger partial charge in [0.1, 0.15) is 6.54 Å². The normalized spacial score (nSPS) is 17.9. The summed E-state index contributed by atoms with van der Waals surface area (Å²) in [5.41, 5.74) is 2.98. The fourth-order valence-corrected chi connectivity index (χ4v) is 3.16. The molecule has 1 saturated heterocycles. The van der Waals surface area contributed by atoms with Gasteiger partial charge in [-0.2, -0.15) is 0 Å². The van der Waals surface area contributed by atoms with Crippen LogP contribution < -0.4 is 4.90 Å². The fraction of sp³-hybridized carbons (Fsp3) is 0.300. The smallest absolute Gasteiger partial charge is 0.246 e. The summed E-state index contributed by atoms with van der Waals surface area (Å²) in [5.74, 6) is -0.0182. The molecule has 1 fully saturated rings. The van der Waals surface area contributed by atoms with Gasteiger partial charge in [0.2, 0.25) is 11.8 Å². The van der Waals surface area contributed by atoms with Gasteiger partial charge in [-0.15, -0.1) is 0 Å². The van der Waals surface area contributed by atoms with Crippen LogP contribution in [0.15, 0.2) is 54.6 Å². The lowest BCUT2D eigenvalue weighted by Crippen LogP contribution is -2.57. The zero-order chi connectivity index (χ0) is 17.1. The predicted octanol–water partition coefficient (Wildman–Crippen LogP) is 2.80. The number of aryl methyl sites for hydroxylation is 1. The van der Waals surface area contributed by atoms with Crippen LogP contribution in [-0.4, -0.2) is 35.8 Å². The van der Waals surface area contributed by atoms with Gasteiger partial charge in [0.15, 0.2) is 0 Å². The van der Waals surface area contributed by atoms with E-state index in [4.69, 9.17) is 0 Å². The van der Waals surface area contributed by atoms with E-state index in [0.29, 0.717) is 13.0 Å². The van der Waals surface area contributed by atoms with E-state index in [-0.39, 0.29) is 24.4 Å². The molecule has 4 nitrogen and oxygen atoms in total. The highest BCUT2D eigenvalue weighted by Gasteiger charge is 2.33. The Balaban J connectivity index is 1.73. The van der Waals surface area contributed by atoms with Crippen LogP contribution in [0.2, 0.25) is 0 Å². The molecule has 2 amide bonds. The largest absolute Gasteiger partial charge is 0.329 e. The van der Waals surface area contributed by atoms with Crippen molar-refractivity contribution in [1.82, 2.24) is 4.90 Å². The van der Waals surface area contributed by atoms with Crippen LogP contribution in [-0.2, 0) is 16.0 Å². The van der Waals surface area contributed by atoms with Crippen molar-refractivity contribution in [3.05, 3.63) is 65.7 Å². The van der Waals surface area contributed by atoms with Crippen molar-refractivity contribution in [1.29, 1.82) is 0 Å². The monoisotopic (exact) mass is 322 g/mol. The number of benzene rings is 2. The number of anilines is 1. The molecule has 1 aliphatic heterocycles. The number of hydrogen-bond acceptors (Lipinski definition) is 2. The molecule has 0 N–H and O–H groups in total. The van der Waals surface area contributed by atoms with E-state index in [1.54, 1.807) is 9.80 Å². The molecule has 2 aromatic rings. The van der Waals surface area contributed by atoms with Crippen molar-refractivity contribution in [3.63, 3.8) is 0 Å². The van der Waals surface area contributed by atoms with Gasteiger partial charge in [0.25, 0.3) is 0 Å². The first-order valence-corrected chi connectivity index (χ1v) is 8.25. The third kappa shape index (κ3) is 3.32. The van der Waals surface area contributed by atoms with Crippen LogP contribution >= 0.6 is 0 Å². The van der Waals surface area contributed by atoms with E-state index in [2.05, 4.69) is 0 Å². The van der Waals surface area contributed by atoms with E-state index >= 15 is 0 Å². The zero-order valence-electron chi connectivity index (χ0n) is 14.1. The molecule has 0 bridgehead atoms. The fourth-order valence-electron chi connectivity index (χ4n) is 3.16. The van der Waals surface area contributed by atoms with Gasteiger partial charge in [-0.3, -0.25) is 9.59 Å². The van der Waals surface area contributed by atoms with Crippen molar-refractivity contribution < 1.29 is 9.59 Å². The minimum absolute atomic E-state index is 0.00137.